The van der Waals surface area contributed by atoms with Crippen LogP contribution in [-0.4, -0.2) is 61.2 Å². The third-order valence-electron chi connectivity index (χ3n) is 7.92. The standard InChI is InChI=1S/C23H30FN3O4S/c1-16(28)25-23-13-17-9-18(14-23)12-22(11-17,15-23)21(29)26-5-7-27(8-6-26)32(30,31)20-4-2-3-19(24)10-20/h2-4,10,17-18H,5-9,11-15H2,1H3,(H,25,28)/t17-,18-,22?,23?/m0/s1. The van der Waals surface area contributed by atoms with Gasteiger partial charge in [0.1, 0.15) is 5.82 Å². The lowest BCUT2D eigenvalue weighted by atomic mass is 9.46. The minimum atomic E-state index is -3.79. The molecule has 2 amide bonds. The van der Waals surface area contributed by atoms with Gasteiger partial charge < -0.3 is 10.2 Å². The first-order valence-corrected chi connectivity index (χ1v) is 12.9. The molecule has 1 N–H and O–H groups in total. The molecular formula is C23H30FN3O4S. The molecule has 1 aromatic carbocycles. The van der Waals surface area contributed by atoms with Gasteiger partial charge in [0, 0.05) is 38.6 Å². The Bertz CT molecular complexity index is 1040. The van der Waals surface area contributed by atoms with Gasteiger partial charge in [0.25, 0.3) is 0 Å². The molecule has 9 heteroatoms. The van der Waals surface area contributed by atoms with Crippen LogP contribution in [0.2, 0.25) is 0 Å². The zero-order chi connectivity index (χ0) is 22.7. The fourth-order valence-corrected chi connectivity index (χ4v) is 8.73. The lowest BCUT2D eigenvalue weighted by Crippen LogP contribution is -2.66. The molecule has 7 nitrogen and oxygen atoms in total. The van der Waals surface area contributed by atoms with E-state index in [9.17, 15) is 22.4 Å². The molecule has 4 aliphatic carbocycles. The maximum atomic E-state index is 13.7. The van der Waals surface area contributed by atoms with Gasteiger partial charge in [0.2, 0.25) is 21.8 Å². The van der Waals surface area contributed by atoms with Gasteiger partial charge in [-0.1, -0.05) is 6.07 Å². The normalized spacial score (nSPS) is 34.5. The average Bonchev–Trinajstić information content (AvgIpc) is 2.71. The van der Waals surface area contributed by atoms with Gasteiger partial charge in [0.15, 0.2) is 0 Å². The van der Waals surface area contributed by atoms with E-state index in [1.165, 1.54) is 22.5 Å². The summed E-state index contributed by atoms with van der Waals surface area (Å²) in [7, 11) is -3.79. The Hall–Kier alpha value is -2.00. The van der Waals surface area contributed by atoms with Gasteiger partial charge in [-0.15, -0.1) is 0 Å². The summed E-state index contributed by atoms with van der Waals surface area (Å²) < 4.78 is 40.7. The summed E-state index contributed by atoms with van der Waals surface area (Å²) in [5.74, 6) is 0.410. The predicted molar refractivity (Wildman–Crippen MR) is 115 cm³/mol. The predicted octanol–water partition coefficient (Wildman–Crippen LogP) is 2.13. The van der Waals surface area contributed by atoms with Crippen molar-refractivity contribution in [3.05, 3.63) is 30.1 Å². The van der Waals surface area contributed by atoms with Crippen LogP contribution < -0.4 is 5.32 Å². The molecule has 4 bridgehead atoms. The number of amides is 2. The second kappa shape index (κ2) is 7.52. The zero-order valence-corrected chi connectivity index (χ0v) is 19.2. The van der Waals surface area contributed by atoms with Crippen molar-refractivity contribution in [2.75, 3.05) is 26.2 Å². The number of sulfonamides is 1. The van der Waals surface area contributed by atoms with E-state index >= 15 is 0 Å². The lowest BCUT2D eigenvalue weighted by molar-refractivity contribution is -0.164. The number of nitrogens with zero attached hydrogens (tertiary/aromatic N) is 2. The van der Waals surface area contributed by atoms with Crippen molar-refractivity contribution < 1.29 is 22.4 Å². The van der Waals surface area contributed by atoms with Crippen LogP contribution in [0.25, 0.3) is 0 Å². The van der Waals surface area contributed by atoms with Crippen molar-refractivity contribution in [1.82, 2.24) is 14.5 Å². The maximum Gasteiger partial charge on any atom is 0.243 e. The molecule has 1 aromatic rings. The largest absolute Gasteiger partial charge is 0.351 e. The summed E-state index contributed by atoms with van der Waals surface area (Å²) in [5, 5.41) is 3.19. The monoisotopic (exact) mass is 463 g/mol. The van der Waals surface area contributed by atoms with Crippen LogP contribution in [0.3, 0.4) is 0 Å². The molecule has 4 saturated carbocycles. The van der Waals surface area contributed by atoms with Crippen molar-refractivity contribution in [3.63, 3.8) is 0 Å². The molecule has 1 aliphatic heterocycles. The summed E-state index contributed by atoms with van der Waals surface area (Å²) in [4.78, 5) is 27.4. The first kappa shape index (κ1) is 21.8. The number of carbonyl (C=O) groups is 2. The number of piperazine rings is 1. The second-order valence-electron chi connectivity index (χ2n) is 10.4. The number of rotatable bonds is 4. The molecule has 1 heterocycles. The van der Waals surface area contributed by atoms with Crippen molar-refractivity contribution in [1.29, 1.82) is 0 Å². The average molecular weight is 464 g/mol. The van der Waals surface area contributed by atoms with E-state index in [-0.39, 0.29) is 35.3 Å². The smallest absolute Gasteiger partial charge is 0.243 e. The summed E-state index contributed by atoms with van der Waals surface area (Å²) >= 11 is 0. The number of halogens is 1. The molecule has 0 spiro atoms. The highest BCUT2D eigenvalue weighted by molar-refractivity contribution is 7.89. The summed E-state index contributed by atoms with van der Waals surface area (Å²) in [5.41, 5.74) is -0.718. The van der Waals surface area contributed by atoms with Crippen LogP contribution in [0.1, 0.15) is 45.4 Å². The maximum absolute atomic E-state index is 13.7. The molecule has 0 radical (unpaired) electrons. The van der Waals surface area contributed by atoms with Gasteiger partial charge >= 0.3 is 0 Å². The quantitative estimate of drug-likeness (QED) is 0.741. The van der Waals surface area contributed by atoms with Crippen LogP contribution in [0.15, 0.2) is 29.2 Å². The third-order valence-corrected chi connectivity index (χ3v) is 9.81. The van der Waals surface area contributed by atoms with E-state index in [1.807, 2.05) is 4.90 Å². The molecule has 2 atom stereocenters. The number of hydrogen-bond acceptors (Lipinski definition) is 4. The Kier molecular flexibility index (Phi) is 5.13. The van der Waals surface area contributed by atoms with Crippen molar-refractivity contribution >= 4 is 21.8 Å². The molecule has 0 unspecified atom stereocenters. The molecule has 5 aliphatic rings. The summed E-state index contributed by atoms with van der Waals surface area (Å²) in [6.07, 6.45) is 5.47. The lowest BCUT2D eigenvalue weighted by Gasteiger charge is -2.62. The Morgan fingerprint density at radius 3 is 2.31 bits per heavy atom. The van der Waals surface area contributed by atoms with E-state index < -0.39 is 21.3 Å². The Labute approximate surface area is 188 Å². The minimum absolute atomic E-state index is 0.0364. The molecule has 5 fully saturated rings. The van der Waals surface area contributed by atoms with E-state index in [0.717, 1.165) is 38.2 Å². The van der Waals surface area contributed by atoms with E-state index in [0.29, 0.717) is 31.3 Å². The highest BCUT2D eigenvalue weighted by atomic mass is 32.2. The fraction of sp³-hybridized carbons (Fsp3) is 0.652. The molecular weight excluding hydrogens is 433 g/mol. The van der Waals surface area contributed by atoms with Crippen LogP contribution in [0, 0.1) is 23.1 Å². The topological polar surface area (TPSA) is 86.8 Å². The molecule has 32 heavy (non-hydrogen) atoms. The Morgan fingerprint density at radius 2 is 1.72 bits per heavy atom. The Morgan fingerprint density at radius 1 is 1.06 bits per heavy atom. The van der Waals surface area contributed by atoms with Crippen molar-refractivity contribution in [3.8, 4) is 0 Å². The van der Waals surface area contributed by atoms with Crippen molar-refractivity contribution in [2.45, 2.75) is 55.9 Å². The number of benzene rings is 1. The third kappa shape index (κ3) is 3.63. The first-order chi connectivity index (χ1) is 15.1. The van der Waals surface area contributed by atoms with Crippen molar-refractivity contribution in [2.24, 2.45) is 17.3 Å². The van der Waals surface area contributed by atoms with E-state index in [2.05, 4.69) is 5.32 Å². The van der Waals surface area contributed by atoms with Gasteiger partial charge in [-0.3, -0.25) is 9.59 Å². The van der Waals surface area contributed by atoms with Crippen LogP contribution in [-0.2, 0) is 19.6 Å². The highest BCUT2D eigenvalue weighted by Crippen LogP contribution is 2.62. The van der Waals surface area contributed by atoms with Gasteiger partial charge in [-0.25, -0.2) is 12.8 Å². The SMILES string of the molecule is CC(=O)NC12C[C@H]3C[C@H](C1)CC(C(=O)N1CCN(S(=O)(=O)c4cccc(F)c4)CC1)(C3)C2. The second-order valence-corrected chi connectivity index (χ2v) is 12.3. The van der Waals surface area contributed by atoms with Crippen LogP contribution in [0.4, 0.5) is 4.39 Å². The van der Waals surface area contributed by atoms with Crippen LogP contribution >= 0.6 is 0 Å². The molecule has 6 rings (SSSR count). The number of nitrogens with one attached hydrogen (secondary N) is 1. The van der Waals surface area contributed by atoms with Crippen LogP contribution in [0.5, 0.6) is 0 Å². The zero-order valence-electron chi connectivity index (χ0n) is 18.3. The number of hydrogen-bond donors (Lipinski definition) is 1. The molecule has 1 saturated heterocycles. The molecule has 0 aromatic heterocycles. The van der Waals surface area contributed by atoms with Gasteiger partial charge in [-0.2, -0.15) is 4.31 Å². The highest BCUT2D eigenvalue weighted by Gasteiger charge is 2.61. The fourth-order valence-electron chi connectivity index (χ4n) is 7.28. The first-order valence-electron chi connectivity index (χ1n) is 11.4. The van der Waals surface area contributed by atoms with E-state index in [1.54, 1.807) is 6.92 Å². The van der Waals surface area contributed by atoms with Gasteiger partial charge in [-0.05, 0) is 68.6 Å². The summed E-state index contributed by atoms with van der Waals surface area (Å²) in [6, 6.07) is 5.03. The molecule has 174 valence electrons. The minimum Gasteiger partial charge on any atom is -0.351 e. The number of carbonyl (C=O) groups excluding carboxylic acids is 2. The Balaban J connectivity index is 1.30. The summed E-state index contributed by atoms with van der Waals surface area (Å²) in [6.45, 7) is 2.61. The van der Waals surface area contributed by atoms with E-state index in [4.69, 9.17) is 0 Å². The van der Waals surface area contributed by atoms with Gasteiger partial charge in [0.05, 0.1) is 10.3 Å².